The normalized spacial score (nSPS) is 28.9. The first-order valence-corrected chi connectivity index (χ1v) is 29.3. The molecule has 0 amide bonds. The number of H-pyrrole nitrogens is 2. The van der Waals surface area contributed by atoms with Crippen molar-refractivity contribution >= 4 is 91.7 Å². The SMILES string of the molecule is Nc1nc2c(ncn2[C@H]2C[C@H](OP(=O)(O)OC[C@H]3O[C@@H](n4cnc5c(N)ncnc54)C[C@@H]3OP(=O)(O)OC[C@H]3O[C@@H](n4cnc5c(=O)[nH]c(N)nc54)C[C@@H]3O)[C@@H](COP(=O)(O)O[C@H]3C[C@H](n4cnc5c(N)ncnc54)O[C@@H]3CO)O2)c(=O)[nH]1. The summed E-state index contributed by atoms with van der Waals surface area (Å²) in [6.45, 7) is -3.15. The van der Waals surface area contributed by atoms with E-state index in [0.29, 0.717) is 0 Å². The number of anilines is 4. The Labute approximate surface area is 460 Å². The van der Waals surface area contributed by atoms with Crippen molar-refractivity contribution in [1.29, 1.82) is 0 Å². The maximum atomic E-state index is 14.1. The molecular weight excluding hydrogens is 1170 g/mol. The highest BCUT2D eigenvalue weighted by molar-refractivity contribution is 7.48. The number of aromatic nitrogens is 16. The summed E-state index contributed by atoms with van der Waals surface area (Å²) in [5.41, 5.74) is 22.8. The number of aliphatic hydroxyl groups excluding tert-OH is 2. The lowest BCUT2D eigenvalue weighted by Crippen LogP contribution is -2.31. The van der Waals surface area contributed by atoms with E-state index in [-0.39, 0.29) is 93.9 Å². The van der Waals surface area contributed by atoms with Crippen LogP contribution < -0.4 is 34.1 Å². The summed E-state index contributed by atoms with van der Waals surface area (Å²) in [5, 5.41) is 21.1. The number of imidazole rings is 4. The number of phosphoric ester groups is 3. The summed E-state index contributed by atoms with van der Waals surface area (Å²) >= 11 is 0. The van der Waals surface area contributed by atoms with Crippen LogP contribution in [0.25, 0.3) is 44.7 Å². The number of rotatable bonds is 20. The van der Waals surface area contributed by atoms with Gasteiger partial charge in [-0.1, -0.05) is 0 Å². The first kappa shape index (κ1) is 56.6. The van der Waals surface area contributed by atoms with E-state index in [4.69, 9.17) is 69.0 Å². The third-order valence-electron chi connectivity index (χ3n) is 13.9. The minimum atomic E-state index is -5.35. The van der Waals surface area contributed by atoms with Crippen LogP contribution in [-0.2, 0) is 59.8 Å². The third-order valence-corrected chi connectivity index (χ3v) is 16.9. The summed E-state index contributed by atoms with van der Waals surface area (Å²) < 4.78 is 104. The molecule has 15 atom stereocenters. The molecule has 83 heavy (non-hydrogen) atoms. The fourth-order valence-corrected chi connectivity index (χ4v) is 12.9. The van der Waals surface area contributed by atoms with E-state index >= 15 is 0 Å². The second-order valence-corrected chi connectivity index (χ2v) is 23.4. The van der Waals surface area contributed by atoms with E-state index in [1.54, 1.807) is 0 Å². The first-order chi connectivity index (χ1) is 39.6. The molecule has 0 aromatic carbocycles. The highest BCUT2D eigenvalue weighted by atomic mass is 31.2. The van der Waals surface area contributed by atoms with Crippen molar-refractivity contribution in [2.24, 2.45) is 0 Å². The topological polar surface area (TPSA) is 563 Å². The van der Waals surface area contributed by atoms with E-state index in [1.807, 2.05) is 0 Å². The zero-order valence-electron chi connectivity index (χ0n) is 42.3. The van der Waals surface area contributed by atoms with Gasteiger partial charge in [-0.15, -0.1) is 0 Å². The average molecular weight is 1220 g/mol. The Hall–Kier alpha value is -6.91. The molecule has 4 saturated heterocycles. The minimum Gasteiger partial charge on any atom is -0.394 e. The predicted molar refractivity (Wildman–Crippen MR) is 274 cm³/mol. The molecule has 4 aliphatic rings. The van der Waals surface area contributed by atoms with Crippen molar-refractivity contribution < 1.29 is 84.7 Å². The molecular formula is C40H49N20O20P3. The highest BCUT2D eigenvalue weighted by Gasteiger charge is 2.49. The largest absolute Gasteiger partial charge is 0.472 e. The van der Waals surface area contributed by atoms with Crippen molar-refractivity contribution in [3.05, 3.63) is 58.7 Å². The van der Waals surface area contributed by atoms with Crippen LogP contribution in [0.1, 0.15) is 50.6 Å². The summed E-state index contributed by atoms with van der Waals surface area (Å²) in [4.78, 5) is 104. The fourth-order valence-electron chi connectivity index (χ4n) is 10.0. The van der Waals surface area contributed by atoms with Crippen molar-refractivity contribution in [2.45, 2.75) is 99.4 Å². The van der Waals surface area contributed by atoms with Crippen molar-refractivity contribution in [3.63, 3.8) is 0 Å². The summed E-state index contributed by atoms with van der Waals surface area (Å²) in [7, 11) is -15.7. The highest BCUT2D eigenvalue weighted by Crippen LogP contribution is 2.54. The molecule has 43 heteroatoms. The first-order valence-electron chi connectivity index (χ1n) is 24.8. The Balaban J connectivity index is 0.743. The van der Waals surface area contributed by atoms with Crippen molar-refractivity contribution in [3.8, 4) is 0 Å². The number of fused-ring (bicyclic) bond motifs is 4. The van der Waals surface area contributed by atoms with Crippen LogP contribution in [-0.4, -0.2) is 178 Å². The zero-order chi connectivity index (χ0) is 58.3. The molecule has 0 saturated carbocycles. The second kappa shape index (κ2) is 21.9. The molecule has 0 radical (unpaired) electrons. The molecule has 444 valence electrons. The number of phosphoric acid groups is 3. The number of nitrogens with zero attached hydrogens (tertiary/aromatic N) is 14. The molecule has 4 fully saturated rings. The molecule has 3 unspecified atom stereocenters. The van der Waals surface area contributed by atoms with Gasteiger partial charge in [0.1, 0.15) is 91.3 Å². The average Bonchev–Trinajstić information content (AvgIpc) is 4.45. The maximum absolute atomic E-state index is 14.1. The van der Waals surface area contributed by atoms with Crippen molar-refractivity contribution in [1.82, 2.24) is 78.1 Å². The van der Waals surface area contributed by atoms with Gasteiger partial charge in [0.2, 0.25) is 11.9 Å². The van der Waals surface area contributed by atoms with Gasteiger partial charge in [0.25, 0.3) is 11.1 Å². The molecule has 0 spiro atoms. The Morgan fingerprint density at radius 3 is 1.28 bits per heavy atom. The van der Waals surface area contributed by atoms with Crippen LogP contribution in [0.4, 0.5) is 23.5 Å². The summed E-state index contributed by atoms with van der Waals surface area (Å²) in [5.74, 6) is -0.390. The Bertz CT molecular complexity index is 4030. The standard InChI is InChI=1S/C40H49N20O20P3/c41-31-27-33(47-9-45-31)57(11-49-27)24-2-16(19(5-61)74-24)78-82(67,68)72-8-22-18(4-26(77-22)60-14-52-30-36(60)54-40(44)56-38(30)64)80-83(69,70)73-7-21-17(3-25(76-21)58-12-50-28-32(42)46-10-48-34(28)58)79-81(65,66)71-6-20-15(62)1-23(75-20)59-13-51-29-35(59)53-39(43)55-37(29)63/h9-26,61-62H,1-8H2,(H,65,66)(H,67,68)(H,69,70)(H2,41,45,47)(H2,42,46,48)(H3,43,53,55,63)(H3,44,54,56,64)/t15-,16-,17-,18-,19+,20+,21+,22+,23+,24+,25+,26+/m0/s1. The van der Waals surface area contributed by atoms with Gasteiger partial charge in [0.05, 0.1) is 57.8 Å². The third kappa shape index (κ3) is 11.3. The summed E-state index contributed by atoms with van der Waals surface area (Å²) in [6.07, 6.45) is -8.63. The number of aliphatic hydroxyl groups is 2. The zero-order valence-corrected chi connectivity index (χ0v) is 45.0. The molecule has 0 bridgehead atoms. The molecule has 40 nitrogen and oxygen atoms in total. The van der Waals surface area contributed by atoms with E-state index < -0.39 is 135 Å². The lowest BCUT2D eigenvalue weighted by Gasteiger charge is -2.25. The van der Waals surface area contributed by atoms with E-state index in [0.717, 1.165) is 6.33 Å². The number of nitrogens with one attached hydrogen (secondary N) is 2. The van der Waals surface area contributed by atoms with E-state index in [9.17, 15) is 48.2 Å². The Morgan fingerprint density at radius 1 is 0.506 bits per heavy atom. The van der Waals surface area contributed by atoms with Gasteiger partial charge in [-0.25, -0.2) is 53.6 Å². The minimum absolute atomic E-state index is 0.0153. The van der Waals surface area contributed by atoms with Gasteiger partial charge >= 0.3 is 23.5 Å². The lowest BCUT2D eigenvalue weighted by molar-refractivity contribution is -0.0620. The Kier molecular flexibility index (Phi) is 14.9. The lowest BCUT2D eigenvalue weighted by atomic mass is 10.2. The van der Waals surface area contributed by atoms with Crippen LogP contribution in [0.3, 0.4) is 0 Å². The van der Waals surface area contributed by atoms with Crippen LogP contribution in [0.2, 0.25) is 0 Å². The number of hydrogen-bond donors (Lipinski definition) is 11. The molecule has 8 aromatic heterocycles. The molecule has 12 rings (SSSR count). The monoisotopic (exact) mass is 1220 g/mol. The fraction of sp³-hybridized carbons (Fsp3) is 0.500. The van der Waals surface area contributed by atoms with Gasteiger partial charge in [-0.3, -0.25) is 65.0 Å². The van der Waals surface area contributed by atoms with Crippen LogP contribution in [0, 0.1) is 0 Å². The molecule has 4 aliphatic heterocycles. The quantitative estimate of drug-likeness (QED) is 0.0378. The van der Waals surface area contributed by atoms with Gasteiger partial charge in [-0.05, 0) is 0 Å². The predicted octanol–water partition coefficient (Wildman–Crippen LogP) is -1.73. The number of nitrogen functional groups attached to an aromatic ring is 4. The van der Waals surface area contributed by atoms with Crippen LogP contribution in [0.15, 0.2) is 47.6 Å². The number of nitrogens with two attached hydrogens (primary N) is 4. The van der Waals surface area contributed by atoms with Gasteiger partial charge in [0, 0.05) is 25.7 Å². The smallest absolute Gasteiger partial charge is 0.394 e. The number of hydrogen-bond acceptors (Lipinski definition) is 31. The maximum Gasteiger partial charge on any atom is 0.472 e. The van der Waals surface area contributed by atoms with E-state index in [2.05, 4.69) is 59.8 Å². The number of ether oxygens (including phenoxy) is 4. The van der Waals surface area contributed by atoms with Crippen LogP contribution in [0.5, 0.6) is 0 Å². The molecule has 0 aliphatic carbocycles. The van der Waals surface area contributed by atoms with Gasteiger partial charge in [-0.2, -0.15) is 9.97 Å². The molecule has 15 N–H and O–H groups in total. The summed E-state index contributed by atoms with van der Waals surface area (Å²) in [6, 6.07) is 0. The number of aromatic amines is 2. The second-order valence-electron chi connectivity index (χ2n) is 19.2. The molecule has 12 heterocycles. The Morgan fingerprint density at radius 2 is 0.855 bits per heavy atom. The van der Waals surface area contributed by atoms with Crippen LogP contribution >= 0.6 is 23.5 Å². The van der Waals surface area contributed by atoms with Gasteiger partial charge in [0.15, 0.2) is 45.3 Å². The van der Waals surface area contributed by atoms with Gasteiger partial charge < -0.3 is 66.8 Å². The molecule has 8 aromatic rings. The van der Waals surface area contributed by atoms with E-state index in [1.165, 1.54) is 49.9 Å². The van der Waals surface area contributed by atoms with Crippen molar-refractivity contribution in [2.75, 3.05) is 49.4 Å².